The number of aldehydes is 1. The maximum absolute atomic E-state index is 12.4. The van der Waals surface area contributed by atoms with Crippen LogP contribution < -0.4 is 10.6 Å². The first-order chi connectivity index (χ1) is 17.0. The molecule has 0 atom stereocenters. The van der Waals surface area contributed by atoms with Crippen LogP contribution in [0.2, 0.25) is 0 Å². The van der Waals surface area contributed by atoms with Crippen molar-refractivity contribution in [2.24, 2.45) is 0 Å². The van der Waals surface area contributed by atoms with E-state index in [2.05, 4.69) is 50.3 Å². The van der Waals surface area contributed by atoms with E-state index in [4.69, 9.17) is 0 Å². The van der Waals surface area contributed by atoms with Crippen molar-refractivity contribution in [1.29, 1.82) is 0 Å². The summed E-state index contributed by atoms with van der Waals surface area (Å²) in [6.07, 6.45) is 2.23. The fourth-order valence-electron chi connectivity index (χ4n) is 3.47. The van der Waals surface area contributed by atoms with Crippen LogP contribution in [-0.4, -0.2) is 39.3 Å². The number of aromatic hydroxyl groups is 1. The lowest BCUT2D eigenvalue weighted by molar-refractivity contribution is 0.102. The molecule has 176 valence electrons. The number of anilines is 1. The molecule has 0 fully saturated rings. The first-order valence-electron chi connectivity index (χ1n) is 10.7. The molecule has 0 saturated carbocycles. The summed E-state index contributed by atoms with van der Waals surface area (Å²) < 4.78 is 0. The number of H-pyrrole nitrogens is 1. The molecule has 0 aliphatic heterocycles. The molecule has 0 radical (unpaired) electrons. The van der Waals surface area contributed by atoms with Crippen molar-refractivity contribution in [1.82, 2.24) is 20.3 Å². The van der Waals surface area contributed by atoms with Gasteiger partial charge in [0, 0.05) is 34.7 Å². The van der Waals surface area contributed by atoms with Gasteiger partial charge in [-0.2, -0.15) is 0 Å². The molecule has 5 aromatic rings. The van der Waals surface area contributed by atoms with E-state index in [1.807, 2.05) is 43.4 Å². The summed E-state index contributed by atoms with van der Waals surface area (Å²) in [5, 5.41) is 17.1. The maximum atomic E-state index is 12.4. The Morgan fingerprint density at radius 2 is 1.83 bits per heavy atom. The lowest BCUT2D eigenvalue weighted by Crippen LogP contribution is -2.14. The summed E-state index contributed by atoms with van der Waals surface area (Å²) in [6.45, 7) is 0.925. The third-order valence-corrected chi connectivity index (χ3v) is 5.44. The number of carbonyl (C=O) groups excluding carboxylic acids is 2. The molecule has 5 rings (SSSR count). The average Bonchev–Trinajstić information content (AvgIpc) is 3.27. The van der Waals surface area contributed by atoms with Crippen LogP contribution in [0.1, 0.15) is 26.4 Å². The van der Waals surface area contributed by atoms with Crippen LogP contribution >= 0.6 is 12.6 Å². The number of aromatic amines is 1. The normalized spacial score (nSPS) is 10.6. The minimum atomic E-state index is -0.429. The zero-order chi connectivity index (χ0) is 24.8. The van der Waals surface area contributed by atoms with Gasteiger partial charge in [0.15, 0.2) is 6.29 Å². The molecule has 9 heteroatoms. The first kappa shape index (κ1) is 23.9. The molecule has 3 aromatic carbocycles. The van der Waals surface area contributed by atoms with Gasteiger partial charge in [0.1, 0.15) is 17.0 Å². The van der Waals surface area contributed by atoms with Crippen molar-refractivity contribution >= 4 is 52.6 Å². The molecule has 2 aromatic heterocycles. The number of imidazole rings is 1. The molecule has 0 bridgehead atoms. The second-order valence-corrected chi connectivity index (χ2v) is 8.22. The molecule has 4 N–H and O–H groups in total. The molecule has 2 heterocycles. The van der Waals surface area contributed by atoms with Gasteiger partial charge >= 0.3 is 0 Å². The zero-order valence-electron chi connectivity index (χ0n) is 18.8. The van der Waals surface area contributed by atoms with Gasteiger partial charge in [-0.05, 0) is 42.3 Å². The number of nitrogens with one attached hydrogen (secondary N) is 3. The molecular weight excluding hydrogens is 462 g/mol. The van der Waals surface area contributed by atoms with Crippen LogP contribution in [0.15, 0.2) is 77.8 Å². The van der Waals surface area contributed by atoms with Crippen molar-refractivity contribution in [2.45, 2.75) is 11.4 Å². The van der Waals surface area contributed by atoms with Gasteiger partial charge in [-0.15, -0.1) is 12.6 Å². The number of thiol groups is 1. The minimum Gasteiger partial charge on any atom is -0.508 e. The van der Waals surface area contributed by atoms with Crippen LogP contribution in [0, 0.1) is 0 Å². The van der Waals surface area contributed by atoms with E-state index in [9.17, 15) is 14.7 Å². The summed E-state index contributed by atoms with van der Waals surface area (Å²) in [5.74, 6) is -0.322. The topological polar surface area (TPSA) is 120 Å². The fraction of sp³-hybridized carbons (Fsp3) is 0.0769. The fourth-order valence-corrected chi connectivity index (χ4v) is 3.62. The number of pyridine rings is 1. The number of nitrogens with zero attached hydrogens (tertiary/aromatic N) is 2. The van der Waals surface area contributed by atoms with E-state index >= 15 is 0 Å². The van der Waals surface area contributed by atoms with Crippen molar-refractivity contribution in [2.75, 3.05) is 12.4 Å². The summed E-state index contributed by atoms with van der Waals surface area (Å²) in [7, 11) is 1.94. The Bertz CT molecular complexity index is 1500. The van der Waals surface area contributed by atoms with Crippen LogP contribution in [0.5, 0.6) is 5.75 Å². The lowest BCUT2D eigenvalue weighted by atomic mass is 10.1. The van der Waals surface area contributed by atoms with Crippen molar-refractivity contribution < 1.29 is 14.7 Å². The average molecular weight is 486 g/mol. The molecule has 0 aliphatic carbocycles. The number of hydrogen-bond donors (Lipinski definition) is 5. The first-order valence-corrected chi connectivity index (χ1v) is 11.2. The number of phenolic OH excluding ortho intramolecular Hbond substituents is 1. The number of carbonyl (C=O) groups is 2. The predicted octanol–water partition coefficient (Wildman–Crippen LogP) is 4.58. The highest BCUT2D eigenvalue weighted by Gasteiger charge is 2.13. The zero-order valence-corrected chi connectivity index (χ0v) is 19.7. The molecule has 0 unspecified atom stereocenters. The van der Waals surface area contributed by atoms with Crippen LogP contribution in [0.4, 0.5) is 5.95 Å². The molecule has 8 nitrogen and oxygen atoms in total. The Morgan fingerprint density at radius 3 is 2.54 bits per heavy atom. The summed E-state index contributed by atoms with van der Waals surface area (Å²) in [5.41, 5.74) is 2.59. The van der Waals surface area contributed by atoms with Crippen molar-refractivity contribution in [3.05, 3.63) is 89.7 Å². The van der Waals surface area contributed by atoms with Crippen LogP contribution in [0.3, 0.4) is 0 Å². The van der Waals surface area contributed by atoms with Gasteiger partial charge in [0.2, 0.25) is 5.95 Å². The van der Waals surface area contributed by atoms with Gasteiger partial charge in [-0.3, -0.25) is 19.9 Å². The Labute approximate surface area is 206 Å². The highest BCUT2D eigenvalue weighted by Crippen LogP contribution is 2.23. The molecule has 0 spiro atoms. The summed E-state index contributed by atoms with van der Waals surface area (Å²) in [4.78, 5) is 35.7. The Morgan fingerprint density at radius 1 is 1.09 bits per heavy atom. The second kappa shape index (κ2) is 10.8. The quantitative estimate of drug-likeness (QED) is 0.184. The second-order valence-electron chi connectivity index (χ2n) is 7.70. The van der Waals surface area contributed by atoms with Gasteiger partial charge in [0.05, 0.1) is 5.52 Å². The SMILES string of the molecule is CNCc1ccc(S)cc1.O=Cc1cc(O)cc2[nH]c(NC(=O)c3cc4ccccc4cn3)nc12. The van der Waals surface area contributed by atoms with E-state index in [1.165, 1.54) is 17.7 Å². The molecule has 0 saturated heterocycles. The molecule has 1 amide bonds. The molecule has 0 aliphatic rings. The van der Waals surface area contributed by atoms with Gasteiger partial charge in [0.25, 0.3) is 5.91 Å². The van der Waals surface area contributed by atoms with Gasteiger partial charge < -0.3 is 15.4 Å². The van der Waals surface area contributed by atoms with E-state index in [0.717, 1.165) is 22.2 Å². The predicted molar refractivity (Wildman–Crippen MR) is 139 cm³/mol. The number of hydrogen-bond acceptors (Lipinski definition) is 7. The number of aromatic nitrogens is 3. The Hall–Kier alpha value is -4.21. The number of benzene rings is 3. The number of fused-ring (bicyclic) bond motifs is 2. The number of rotatable bonds is 5. The van der Waals surface area contributed by atoms with E-state index in [0.29, 0.717) is 17.3 Å². The van der Waals surface area contributed by atoms with E-state index in [1.54, 1.807) is 12.3 Å². The molecule has 35 heavy (non-hydrogen) atoms. The van der Waals surface area contributed by atoms with Crippen molar-refractivity contribution in [3.8, 4) is 5.75 Å². The lowest BCUT2D eigenvalue weighted by Gasteiger charge is -2.03. The molecular formula is C26H23N5O3S. The highest BCUT2D eigenvalue weighted by molar-refractivity contribution is 7.80. The number of amides is 1. The van der Waals surface area contributed by atoms with E-state index in [-0.39, 0.29) is 23.0 Å². The Balaban J connectivity index is 0.000000243. The van der Waals surface area contributed by atoms with E-state index < -0.39 is 5.91 Å². The summed E-state index contributed by atoms with van der Waals surface area (Å²) >= 11 is 4.18. The van der Waals surface area contributed by atoms with Crippen LogP contribution in [0.25, 0.3) is 21.8 Å². The van der Waals surface area contributed by atoms with Crippen LogP contribution in [-0.2, 0) is 6.54 Å². The highest BCUT2D eigenvalue weighted by atomic mass is 32.1. The minimum absolute atomic E-state index is 0.0627. The largest absolute Gasteiger partial charge is 0.508 e. The smallest absolute Gasteiger partial charge is 0.276 e. The monoisotopic (exact) mass is 485 g/mol. The Kier molecular flexibility index (Phi) is 7.39. The maximum Gasteiger partial charge on any atom is 0.276 e. The third-order valence-electron chi connectivity index (χ3n) is 5.14. The van der Waals surface area contributed by atoms with Gasteiger partial charge in [-0.25, -0.2) is 4.98 Å². The van der Waals surface area contributed by atoms with Crippen molar-refractivity contribution in [3.63, 3.8) is 0 Å². The standard InChI is InChI=1S/C18H12N4O3.C8H11NS/c23-9-12-5-13(24)7-14-16(12)21-18(20-14)22-17(25)15-6-10-3-1-2-4-11(10)8-19-15;1-9-6-7-2-4-8(10)5-3-7/h1-9,24H,(H2,20,21,22,25);2-5,9-10H,6H2,1H3. The number of phenols is 1. The summed E-state index contributed by atoms with van der Waals surface area (Å²) in [6, 6.07) is 20.2. The van der Waals surface area contributed by atoms with Gasteiger partial charge in [-0.1, -0.05) is 36.4 Å². The third kappa shape index (κ3) is 5.84.